The minimum Gasteiger partial charge on any atom is -0.480 e. The second-order valence-corrected chi connectivity index (χ2v) is 5.45. The number of hydrogen-bond donors (Lipinski definition) is 2. The Morgan fingerprint density at radius 3 is 2.96 bits per heavy atom. The number of carboxylic acid groups (broad SMARTS) is 1. The van der Waals surface area contributed by atoms with Gasteiger partial charge in [-0.05, 0) is 29.7 Å². The fraction of sp³-hybridized carbons (Fsp3) is 0.286. The van der Waals surface area contributed by atoms with Crippen molar-refractivity contribution >= 4 is 34.4 Å². The Kier molecular flexibility index (Phi) is 4.16. The molecule has 0 bridgehead atoms. The Labute approximate surface area is 136 Å². The van der Waals surface area contributed by atoms with Gasteiger partial charge in [-0.2, -0.15) is 10.1 Å². The summed E-state index contributed by atoms with van der Waals surface area (Å²) in [4.78, 5) is 19.3. The zero-order chi connectivity index (χ0) is 16.4. The standard InChI is InChI=1S/C14H15ClN6O2/c1-20-7-9(6-17-20)2-4-16-13-12-10(18-14(15)19-13)3-5-21(12)8-11(22)23/h3,5-7H,2,4,8H2,1H3,(H,22,23)(H,16,18,19). The van der Waals surface area contributed by atoms with E-state index in [2.05, 4.69) is 20.4 Å². The summed E-state index contributed by atoms with van der Waals surface area (Å²) >= 11 is 5.94. The van der Waals surface area contributed by atoms with Gasteiger partial charge in [0.05, 0.1) is 11.7 Å². The van der Waals surface area contributed by atoms with Crippen molar-refractivity contribution in [2.45, 2.75) is 13.0 Å². The van der Waals surface area contributed by atoms with Crippen LogP contribution in [0.1, 0.15) is 5.56 Å². The number of fused-ring (bicyclic) bond motifs is 1. The second-order valence-electron chi connectivity index (χ2n) is 5.11. The summed E-state index contributed by atoms with van der Waals surface area (Å²) in [7, 11) is 1.86. The van der Waals surface area contributed by atoms with E-state index in [9.17, 15) is 4.79 Å². The number of aliphatic carboxylic acids is 1. The Hall–Kier alpha value is -2.61. The van der Waals surface area contributed by atoms with Crippen molar-refractivity contribution in [2.24, 2.45) is 7.05 Å². The Balaban J connectivity index is 1.83. The zero-order valence-electron chi connectivity index (χ0n) is 12.4. The van der Waals surface area contributed by atoms with Gasteiger partial charge in [-0.3, -0.25) is 9.48 Å². The molecular formula is C14H15ClN6O2. The average Bonchev–Trinajstić information content (AvgIpc) is 3.05. The molecular weight excluding hydrogens is 320 g/mol. The fourth-order valence-corrected chi connectivity index (χ4v) is 2.58. The summed E-state index contributed by atoms with van der Waals surface area (Å²) in [6.07, 6.45) is 6.17. The van der Waals surface area contributed by atoms with Crippen molar-refractivity contribution in [1.82, 2.24) is 24.3 Å². The van der Waals surface area contributed by atoms with Gasteiger partial charge in [-0.15, -0.1) is 0 Å². The molecule has 0 spiro atoms. The van der Waals surface area contributed by atoms with Gasteiger partial charge in [-0.25, -0.2) is 4.98 Å². The first-order valence-electron chi connectivity index (χ1n) is 6.98. The maximum absolute atomic E-state index is 11.0. The van der Waals surface area contributed by atoms with Crippen LogP contribution in [0, 0.1) is 0 Å². The third-order valence-corrected chi connectivity index (χ3v) is 3.52. The van der Waals surface area contributed by atoms with Crippen LogP contribution in [-0.2, 0) is 24.8 Å². The predicted molar refractivity (Wildman–Crippen MR) is 85.6 cm³/mol. The van der Waals surface area contributed by atoms with Crippen molar-refractivity contribution in [1.29, 1.82) is 0 Å². The normalized spacial score (nSPS) is 11.0. The quantitative estimate of drug-likeness (QED) is 0.664. The molecule has 120 valence electrons. The van der Waals surface area contributed by atoms with Crippen LogP contribution >= 0.6 is 11.6 Å². The lowest BCUT2D eigenvalue weighted by atomic mass is 10.2. The molecule has 0 saturated heterocycles. The lowest BCUT2D eigenvalue weighted by molar-refractivity contribution is -0.137. The molecule has 23 heavy (non-hydrogen) atoms. The van der Waals surface area contributed by atoms with Crippen LogP contribution in [0.4, 0.5) is 5.82 Å². The molecule has 0 aliphatic rings. The molecule has 0 amide bonds. The molecule has 0 atom stereocenters. The van der Waals surface area contributed by atoms with Crippen LogP contribution in [0.3, 0.4) is 0 Å². The maximum atomic E-state index is 11.0. The number of rotatable bonds is 6. The number of hydrogen-bond acceptors (Lipinski definition) is 5. The van der Waals surface area contributed by atoms with Gasteiger partial charge >= 0.3 is 5.97 Å². The van der Waals surface area contributed by atoms with E-state index in [1.165, 1.54) is 0 Å². The molecule has 8 nitrogen and oxygen atoms in total. The summed E-state index contributed by atoms with van der Waals surface area (Å²) in [5, 5.41) is 16.4. The minimum absolute atomic E-state index is 0.120. The average molecular weight is 335 g/mol. The van der Waals surface area contributed by atoms with Crippen LogP contribution < -0.4 is 5.32 Å². The Morgan fingerprint density at radius 1 is 1.43 bits per heavy atom. The van der Waals surface area contributed by atoms with Crippen molar-refractivity contribution in [3.63, 3.8) is 0 Å². The van der Waals surface area contributed by atoms with E-state index in [0.29, 0.717) is 23.4 Å². The fourth-order valence-electron chi connectivity index (χ4n) is 2.41. The van der Waals surface area contributed by atoms with Crippen LogP contribution in [0.15, 0.2) is 24.7 Å². The van der Waals surface area contributed by atoms with E-state index >= 15 is 0 Å². The van der Waals surface area contributed by atoms with Gasteiger partial charge in [0, 0.05) is 26.0 Å². The van der Waals surface area contributed by atoms with Crippen molar-refractivity contribution in [3.8, 4) is 0 Å². The molecule has 0 fully saturated rings. The van der Waals surface area contributed by atoms with E-state index < -0.39 is 5.97 Å². The van der Waals surface area contributed by atoms with E-state index in [4.69, 9.17) is 16.7 Å². The van der Waals surface area contributed by atoms with Crippen LogP contribution in [-0.4, -0.2) is 41.9 Å². The topological polar surface area (TPSA) is 97.9 Å². The third kappa shape index (κ3) is 3.42. The van der Waals surface area contributed by atoms with Gasteiger partial charge in [-0.1, -0.05) is 0 Å². The molecule has 2 N–H and O–H groups in total. The second kappa shape index (κ2) is 6.25. The molecule has 0 aromatic carbocycles. The lowest BCUT2D eigenvalue weighted by Crippen LogP contribution is -2.11. The first-order chi connectivity index (χ1) is 11.0. The van der Waals surface area contributed by atoms with E-state index in [0.717, 1.165) is 12.0 Å². The molecule has 0 saturated carbocycles. The smallest absolute Gasteiger partial charge is 0.323 e. The minimum atomic E-state index is -0.932. The number of carbonyl (C=O) groups is 1. The molecule has 0 aliphatic carbocycles. The lowest BCUT2D eigenvalue weighted by Gasteiger charge is -2.09. The highest BCUT2D eigenvalue weighted by atomic mass is 35.5. The van der Waals surface area contributed by atoms with E-state index in [1.807, 2.05) is 13.2 Å². The van der Waals surface area contributed by atoms with Crippen LogP contribution in [0.25, 0.3) is 11.0 Å². The zero-order valence-corrected chi connectivity index (χ0v) is 13.2. The number of nitrogens with zero attached hydrogens (tertiary/aromatic N) is 5. The molecule has 0 radical (unpaired) electrons. The number of aryl methyl sites for hydroxylation is 1. The number of anilines is 1. The van der Waals surface area contributed by atoms with E-state index in [-0.39, 0.29) is 11.8 Å². The molecule has 3 aromatic heterocycles. The number of aromatic nitrogens is 5. The molecule has 3 aromatic rings. The predicted octanol–water partition coefficient (Wildman–Crippen LogP) is 1.56. The number of nitrogens with one attached hydrogen (secondary N) is 1. The van der Waals surface area contributed by atoms with Crippen LogP contribution in [0.2, 0.25) is 5.28 Å². The van der Waals surface area contributed by atoms with Crippen molar-refractivity contribution < 1.29 is 9.90 Å². The van der Waals surface area contributed by atoms with Crippen LogP contribution in [0.5, 0.6) is 0 Å². The highest BCUT2D eigenvalue weighted by molar-refractivity contribution is 6.28. The summed E-state index contributed by atoms with van der Waals surface area (Å²) in [6.45, 7) is 0.457. The first-order valence-corrected chi connectivity index (χ1v) is 7.36. The van der Waals surface area contributed by atoms with Gasteiger partial charge in [0.1, 0.15) is 12.1 Å². The van der Waals surface area contributed by atoms with Gasteiger partial charge in [0.15, 0.2) is 5.82 Å². The monoisotopic (exact) mass is 334 g/mol. The molecule has 0 unspecified atom stereocenters. The number of halogens is 1. The third-order valence-electron chi connectivity index (χ3n) is 3.35. The summed E-state index contributed by atoms with van der Waals surface area (Å²) in [5.41, 5.74) is 2.33. The maximum Gasteiger partial charge on any atom is 0.323 e. The van der Waals surface area contributed by atoms with Gasteiger partial charge < -0.3 is 15.0 Å². The SMILES string of the molecule is Cn1cc(CCNc2nc(Cl)nc3ccn(CC(=O)O)c23)cn1. The Morgan fingerprint density at radius 2 is 2.26 bits per heavy atom. The largest absolute Gasteiger partial charge is 0.480 e. The highest BCUT2D eigenvalue weighted by Crippen LogP contribution is 2.23. The Bertz CT molecular complexity index is 856. The van der Waals surface area contributed by atoms with Gasteiger partial charge in [0.25, 0.3) is 0 Å². The summed E-state index contributed by atoms with van der Waals surface area (Å²) < 4.78 is 3.33. The summed E-state index contributed by atoms with van der Waals surface area (Å²) in [5.74, 6) is -0.408. The molecule has 9 heteroatoms. The van der Waals surface area contributed by atoms with Gasteiger partial charge in [0.2, 0.25) is 5.28 Å². The molecule has 3 heterocycles. The van der Waals surface area contributed by atoms with E-state index in [1.54, 1.807) is 27.7 Å². The number of carboxylic acids is 1. The first kappa shape index (κ1) is 15.3. The highest BCUT2D eigenvalue weighted by Gasteiger charge is 2.13. The van der Waals surface area contributed by atoms with Crippen molar-refractivity contribution in [3.05, 3.63) is 35.5 Å². The molecule has 3 rings (SSSR count). The van der Waals surface area contributed by atoms with Crippen molar-refractivity contribution in [2.75, 3.05) is 11.9 Å². The molecule has 0 aliphatic heterocycles. The summed E-state index contributed by atoms with van der Waals surface area (Å²) in [6, 6.07) is 1.72.